The van der Waals surface area contributed by atoms with Gasteiger partial charge in [0.15, 0.2) is 0 Å². The first kappa shape index (κ1) is 11.9. The second kappa shape index (κ2) is 4.35. The summed E-state index contributed by atoms with van der Waals surface area (Å²) in [6.45, 7) is 4.16. The zero-order chi connectivity index (χ0) is 12.6. The molecule has 2 rings (SSSR count). The van der Waals surface area contributed by atoms with E-state index < -0.39 is 5.97 Å². The van der Waals surface area contributed by atoms with Gasteiger partial charge in [0.25, 0.3) is 5.56 Å². The molecule has 0 saturated heterocycles. The normalized spacial score (nSPS) is 14.9. The molecule has 0 spiro atoms. The Kier molecular flexibility index (Phi) is 3.05. The molecule has 0 aromatic carbocycles. The standard InChI is InChI=1S/C13H17NO3/c1-8-7-9(2)14(6-5-10-3-4-10)12(15)11(8)13(16)17/h7,10H,3-6H2,1-2H3,(H,16,17). The van der Waals surface area contributed by atoms with Crippen molar-refractivity contribution in [3.05, 3.63) is 33.2 Å². The highest BCUT2D eigenvalue weighted by Gasteiger charge is 2.22. The van der Waals surface area contributed by atoms with E-state index in [1.165, 1.54) is 12.8 Å². The smallest absolute Gasteiger partial charge is 0.341 e. The molecule has 0 aliphatic heterocycles. The fourth-order valence-electron chi connectivity index (χ4n) is 2.18. The highest BCUT2D eigenvalue weighted by molar-refractivity contribution is 5.88. The summed E-state index contributed by atoms with van der Waals surface area (Å²) < 4.78 is 1.59. The molecule has 1 N–H and O–H groups in total. The van der Waals surface area contributed by atoms with Crippen molar-refractivity contribution in [3.8, 4) is 0 Å². The number of hydrogen-bond acceptors (Lipinski definition) is 2. The van der Waals surface area contributed by atoms with Crippen LogP contribution in [0.4, 0.5) is 0 Å². The molecule has 4 nitrogen and oxygen atoms in total. The number of carboxylic acid groups (broad SMARTS) is 1. The minimum Gasteiger partial charge on any atom is -0.477 e. The Morgan fingerprint density at radius 3 is 2.65 bits per heavy atom. The number of hydrogen-bond donors (Lipinski definition) is 1. The molecular weight excluding hydrogens is 218 g/mol. The van der Waals surface area contributed by atoms with Gasteiger partial charge in [-0.3, -0.25) is 4.79 Å². The SMILES string of the molecule is Cc1cc(C)n(CCC2CC2)c(=O)c1C(=O)O. The maximum atomic E-state index is 12.1. The predicted molar refractivity (Wildman–Crippen MR) is 64.5 cm³/mol. The van der Waals surface area contributed by atoms with Crippen LogP contribution in [0.15, 0.2) is 10.9 Å². The fourth-order valence-corrected chi connectivity index (χ4v) is 2.18. The Bertz CT molecular complexity index is 512. The van der Waals surface area contributed by atoms with E-state index in [2.05, 4.69) is 0 Å². The van der Waals surface area contributed by atoms with Crippen LogP contribution in [0.25, 0.3) is 0 Å². The molecule has 0 bridgehead atoms. The Balaban J connectivity index is 2.38. The molecule has 0 amide bonds. The largest absolute Gasteiger partial charge is 0.477 e. The molecule has 1 aromatic rings. The summed E-state index contributed by atoms with van der Waals surface area (Å²) in [6.07, 6.45) is 3.46. The quantitative estimate of drug-likeness (QED) is 0.867. The number of carbonyl (C=O) groups is 1. The number of aryl methyl sites for hydroxylation is 2. The molecule has 17 heavy (non-hydrogen) atoms. The van der Waals surface area contributed by atoms with Gasteiger partial charge in [0.2, 0.25) is 0 Å². The average molecular weight is 235 g/mol. The van der Waals surface area contributed by atoms with E-state index in [4.69, 9.17) is 5.11 Å². The van der Waals surface area contributed by atoms with Crippen LogP contribution in [-0.2, 0) is 6.54 Å². The number of aromatic nitrogens is 1. The Labute approximate surface area is 99.9 Å². The first-order chi connectivity index (χ1) is 8.00. The molecule has 1 fully saturated rings. The highest BCUT2D eigenvalue weighted by Crippen LogP contribution is 2.32. The summed E-state index contributed by atoms with van der Waals surface area (Å²) in [5.41, 5.74) is 0.933. The molecule has 1 aliphatic carbocycles. The van der Waals surface area contributed by atoms with E-state index in [9.17, 15) is 9.59 Å². The lowest BCUT2D eigenvalue weighted by atomic mass is 10.1. The third-order valence-electron chi connectivity index (χ3n) is 3.38. The van der Waals surface area contributed by atoms with Crippen molar-refractivity contribution in [1.82, 2.24) is 4.57 Å². The molecule has 4 heteroatoms. The van der Waals surface area contributed by atoms with Crippen LogP contribution in [-0.4, -0.2) is 15.6 Å². The number of aromatic carboxylic acids is 1. The maximum Gasteiger partial charge on any atom is 0.341 e. The van der Waals surface area contributed by atoms with Gasteiger partial charge in [-0.25, -0.2) is 4.79 Å². The van der Waals surface area contributed by atoms with E-state index in [1.54, 1.807) is 17.6 Å². The van der Waals surface area contributed by atoms with Gasteiger partial charge >= 0.3 is 5.97 Å². The number of pyridine rings is 1. The summed E-state index contributed by atoms with van der Waals surface area (Å²) in [7, 11) is 0. The summed E-state index contributed by atoms with van der Waals surface area (Å²) in [4.78, 5) is 23.1. The summed E-state index contributed by atoms with van der Waals surface area (Å²) in [5, 5.41) is 9.04. The van der Waals surface area contributed by atoms with E-state index in [0.29, 0.717) is 12.1 Å². The molecular formula is C13H17NO3. The monoisotopic (exact) mass is 235 g/mol. The first-order valence-corrected chi connectivity index (χ1v) is 5.95. The van der Waals surface area contributed by atoms with Gasteiger partial charge in [0, 0.05) is 12.2 Å². The molecule has 92 valence electrons. The van der Waals surface area contributed by atoms with Gasteiger partial charge in [-0.1, -0.05) is 12.8 Å². The Hall–Kier alpha value is -1.58. The minimum atomic E-state index is -1.13. The van der Waals surface area contributed by atoms with E-state index in [0.717, 1.165) is 18.0 Å². The highest BCUT2D eigenvalue weighted by atomic mass is 16.4. The van der Waals surface area contributed by atoms with E-state index in [1.807, 2.05) is 6.92 Å². The molecule has 0 atom stereocenters. The molecule has 0 radical (unpaired) electrons. The topological polar surface area (TPSA) is 59.3 Å². The van der Waals surface area contributed by atoms with Crippen molar-refractivity contribution in [2.45, 2.75) is 39.7 Å². The van der Waals surface area contributed by atoms with Crippen molar-refractivity contribution in [3.63, 3.8) is 0 Å². The van der Waals surface area contributed by atoms with Crippen LogP contribution in [0.2, 0.25) is 0 Å². The second-order valence-electron chi connectivity index (χ2n) is 4.84. The lowest BCUT2D eigenvalue weighted by Gasteiger charge is -2.12. The van der Waals surface area contributed by atoms with Crippen molar-refractivity contribution in [1.29, 1.82) is 0 Å². The lowest BCUT2D eigenvalue weighted by molar-refractivity contribution is 0.0693. The summed E-state index contributed by atoms with van der Waals surface area (Å²) >= 11 is 0. The van der Waals surface area contributed by atoms with Gasteiger partial charge in [-0.15, -0.1) is 0 Å². The van der Waals surface area contributed by atoms with Gasteiger partial charge in [0.05, 0.1) is 0 Å². The molecule has 1 aliphatic rings. The van der Waals surface area contributed by atoms with Crippen molar-refractivity contribution >= 4 is 5.97 Å². The van der Waals surface area contributed by atoms with Crippen LogP contribution < -0.4 is 5.56 Å². The number of nitrogens with zero attached hydrogens (tertiary/aromatic N) is 1. The van der Waals surface area contributed by atoms with Crippen LogP contribution >= 0.6 is 0 Å². The molecule has 1 aromatic heterocycles. The van der Waals surface area contributed by atoms with Gasteiger partial charge < -0.3 is 9.67 Å². The van der Waals surface area contributed by atoms with Crippen molar-refractivity contribution < 1.29 is 9.90 Å². The number of carboxylic acids is 1. The summed E-state index contributed by atoms with van der Waals surface area (Å²) in [6, 6.07) is 1.78. The maximum absolute atomic E-state index is 12.1. The second-order valence-corrected chi connectivity index (χ2v) is 4.84. The Morgan fingerprint density at radius 2 is 2.12 bits per heavy atom. The third-order valence-corrected chi connectivity index (χ3v) is 3.38. The molecule has 0 unspecified atom stereocenters. The lowest BCUT2D eigenvalue weighted by Crippen LogP contribution is -2.29. The average Bonchev–Trinajstić information content (AvgIpc) is 2.99. The zero-order valence-corrected chi connectivity index (χ0v) is 10.2. The van der Waals surface area contributed by atoms with Gasteiger partial charge in [-0.05, 0) is 37.8 Å². The first-order valence-electron chi connectivity index (χ1n) is 5.95. The van der Waals surface area contributed by atoms with E-state index in [-0.39, 0.29) is 11.1 Å². The van der Waals surface area contributed by atoms with Gasteiger partial charge in [-0.2, -0.15) is 0 Å². The van der Waals surface area contributed by atoms with Crippen LogP contribution in [0.1, 0.15) is 40.9 Å². The van der Waals surface area contributed by atoms with Crippen molar-refractivity contribution in [2.75, 3.05) is 0 Å². The molecule has 1 saturated carbocycles. The van der Waals surface area contributed by atoms with Gasteiger partial charge in [0.1, 0.15) is 5.56 Å². The van der Waals surface area contributed by atoms with Crippen LogP contribution in [0.5, 0.6) is 0 Å². The van der Waals surface area contributed by atoms with E-state index >= 15 is 0 Å². The third kappa shape index (κ3) is 2.40. The Morgan fingerprint density at radius 1 is 1.47 bits per heavy atom. The number of rotatable bonds is 4. The zero-order valence-electron chi connectivity index (χ0n) is 10.2. The van der Waals surface area contributed by atoms with Crippen LogP contribution in [0, 0.1) is 19.8 Å². The van der Waals surface area contributed by atoms with Crippen molar-refractivity contribution in [2.24, 2.45) is 5.92 Å². The van der Waals surface area contributed by atoms with Crippen LogP contribution in [0.3, 0.4) is 0 Å². The predicted octanol–water partition coefficient (Wildman–Crippen LogP) is 1.96. The fraction of sp³-hybridized carbons (Fsp3) is 0.538. The molecule has 1 heterocycles. The summed E-state index contributed by atoms with van der Waals surface area (Å²) in [5.74, 6) is -0.399. The minimum absolute atomic E-state index is 0.0913.